The van der Waals surface area contributed by atoms with Gasteiger partial charge < -0.3 is 5.73 Å². The van der Waals surface area contributed by atoms with Gasteiger partial charge in [-0.25, -0.2) is 19.9 Å². The van der Waals surface area contributed by atoms with Gasteiger partial charge in [0.2, 0.25) is 0 Å². The molecule has 0 saturated heterocycles. The van der Waals surface area contributed by atoms with E-state index in [-0.39, 0.29) is 0 Å². The first-order valence-corrected chi connectivity index (χ1v) is 6.92. The molecule has 0 saturated carbocycles. The van der Waals surface area contributed by atoms with Gasteiger partial charge in [-0.2, -0.15) is 0 Å². The van der Waals surface area contributed by atoms with Crippen molar-refractivity contribution in [3.8, 4) is 22.9 Å². The van der Waals surface area contributed by atoms with E-state index < -0.39 is 0 Å². The van der Waals surface area contributed by atoms with Crippen LogP contribution >= 0.6 is 0 Å². The maximum Gasteiger partial charge on any atom is 0.180 e. The predicted octanol–water partition coefficient (Wildman–Crippen LogP) is 2.13. The molecular formula is C16H11N7. The van der Waals surface area contributed by atoms with E-state index in [1.54, 1.807) is 37.1 Å². The summed E-state index contributed by atoms with van der Waals surface area (Å²) in [7, 11) is 0. The van der Waals surface area contributed by atoms with E-state index in [0.29, 0.717) is 23.2 Å². The van der Waals surface area contributed by atoms with Crippen molar-refractivity contribution in [3.63, 3.8) is 0 Å². The number of anilines is 1. The molecule has 4 aromatic heterocycles. The lowest BCUT2D eigenvalue weighted by molar-refractivity contribution is 1.13. The molecule has 0 aliphatic carbocycles. The first-order valence-electron chi connectivity index (χ1n) is 6.92. The Bertz CT molecular complexity index is 986. The second kappa shape index (κ2) is 5.38. The number of nitrogens with two attached hydrogens (primary N) is 1. The Labute approximate surface area is 131 Å². The van der Waals surface area contributed by atoms with Crippen molar-refractivity contribution in [2.24, 2.45) is 0 Å². The molecule has 2 N–H and O–H groups in total. The fourth-order valence-electron chi connectivity index (χ4n) is 2.27. The maximum atomic E-state index is 5.77. The molecule has 0 amide bonds. The third kappa shape index (κ3) is 2.44. The zero-order valence-corrected chi connectivity index (χ0v) is 12.0. The second-order valence-corrected chi connectivity index (χ2v) is 4.83. The molecule has 4 rings (SSSR count). The fraction of sp³-hybridized carbons (Fsp3) is 0. The molecule has 0 atom stereocenters. The van der Waals surface area contributed by atoms with E-state index in [9.17, 15) is 0 Å². The molecule has 0 spiro atoms. The molecular weight excluding hydrogens is 290 g/mol. The van der Waals surface area contributed by atoms with Crippen LogP contribution in [0, 0.1) is 0 Å². The first kappa shape index (κ1) is 13.2. The van der Waals surface area contributed by atoms with Crippen molar-refractivity contribution >= 4 is 16.7 Å². The third-order valence-electron chi connectivity index (χ3n) is 3.33. The highest BCUT2D eigenvalue weighted by atomic mass is 15.0. The number of nitrogen functional groups attached to an aromatic ring is 1. The third-order valence-corrected chi connectivity index (χ3v) is 3.33. The number of fused-ring (bicyclic) bond motifs is 1. The molecule has 7 nitrogen and oxygen atoms in total. The number of aromatic nitrogens is 6. The minimum absolute atomic E-state index is 0.390. The molecule has 0 unspecified atom stereocenters. The Balaban J connectivity index is 2.02. The summed E-state index contributed by atoms with van der Waals surface area (Å²) in [6.45, 7) is 0. The van der Waals surface area contributed by atoms with Crippen LogP contribution in [-0.4, -0.2) is 29.9 Å². The van der Waals surface area contributed by atoms with Crippen LogP contribution in [0.25, 0.3) is 33.8 Å². The first-order chi connectivity index (χ1) is 11.3. The van der Waals surface area contributed by atoms with E-state index in [4.69, 9.17) is 5.73 Å². The van der Waals surface area contributed by atoms with Crippen molar-refractivity contribution in [1.82, 2.24) is 29.9 Å². The monoisotopic (exact) mass is 301 g/mol. The molecule has 7 heteroatoms. The van der Waals surface area contributed by atoms with E-state index in [1.807, 2.05) is 18.2 Å². The predicted molar refractivity (Wildman–Crippen MR) is 86.0 cm³/mol. The van der Waals surface area contributed by atoms with E-state index in [1.165, 1.54) is 0 Å². The molecule has 0 fully saturated rings. The minimum atomic E-state index is 0.390. The maximum absolute atomic E-state index is 5.77. The van der Waals surface area contributed by atoms with Crippen LogP contribution in [0.3, 0.4) is 0 Å². The molecule has 0 aromatic carbocycles. The summed E-state index contributed by atoms with van der Waals surface area (Å²) in [4.78, 5) is 25.9. The summed E-state index contributed by atoms with van der Waals surface area (Å²) in [5.74, 6) is 1.41. The van der Waals surface area contributed by atoms with Gasteiger partial charge in [-0.1, -0.05) is 0 Å². The van der Waals surface area contributed by atoms with E-state index >= 15 is 0 Å². The van der Waals surface area contributed by atoms with Crippen molar-refractivity contribution in [1.29, 1.82) is 0 Å². The largest absolute Gasteiger partial charge is 0.384 e. The summed E-state index contributed by atoms with van der Waals surface area (Å²) in [6.07, 6.45) is 8.38. The van der Waals surface area contributed by atoms with Gasteiger partial charge in [-0.05, 0) is 24.3 Å². The van der Waals surface area contributed by atoms with E-state index in [2.05, 4.69) is 29.9 Å². The highest BCUT2D eigenvalue weighted by molar-refractivity contribution is 5.91. The number of pyridine rings is 2. The molecule has 4 heterocycles. The van der Waals surface area contributed by atoms with Crippen molar-refractivity contribution in [3.05, 3.63) is 55.2 Å². The van der Waals surface area contributed by atoms with Gasteiger partial charge in [0.25, 0.3) is 0 Å². The average Bonchev–Trinajstić information content (AvgIpc) is 2.61. The van der Waals surface area contributed by atoms with Crippen LogP contribution in [0.5, 0.6) is 0 Å². The second-order valence-electron chi connectivity index (χ2n) is 4.83. The molecule has 4 aromatic rings. The standard InChI is InChI=1S/C16H11N7/c17-13-4-8-20-16(22-13)14-11-3-7-19-9-12(11)21-15(23-14)10-1-5-18-6-2-10/h1-9H,(H2,17,20,22). The lowest BCUT2D eigenvalue weighted by atomic mass is 10.2. The summed E-state index contributed by atoms with van der Waals surface area (Å²) in [5.41, 5.74) is 7.97. The Morgan fingerprint density at radius 2 is 1.57 bits per heavy atom. The smallest absolute Gasteiger partial charge is 0.180 e. The molecule has 23 heavy (non-hydrogen) atoms. The topological polar surface area (TPSA) is 103 Å². The summed E-state index contributed by atoms with van der Waals surface area (Å²) < 4.78 is 0. The Hall–Kier alpha value is -3.48. The molecule has 110 valence electrons. The van der Waals surface area contributed by atoms with Gasteiger partial charge in [0, 0.05) is 35.7 Å². The van der Waals surface area contributed by atoms with Crippen molar-refractivity contribution < 1.29 is 0 Å². The number of nitrogens with zero attached hydrogens (tertiary/aromatic N) is 6. The lowest BCUT2D eigenvalue weighted by Crippen LogP contribution is -2.00. The Morgan fingerprint density at radius 1 is 0.739 bits per heavy atom. The van der Waals surface area contributed by atoms with Gasteiger partial charge in [-0.15, -0.1) is 0 Å². The SMILES string of the molecule is Nc1ccnc(-c2nc(-c3ccncc3)nc3cnccc23)n1. The number of hydrogen-bond acceptors (Lipinski definition) is 7. The Morgan fingerprint density at radius 3 is 2.39 bits per heavy atom. The summed E-state index contributed by atoms with van der Waals surface area (Å²) in [5, 5.41) is 0.823. The minimum Gasteiger partial charge on any atom is -0.384 e. The zero-order valence-electron chi connectivity index (χ0n) is 12.0. The van der Waals surface area contributed by atoms with Crippen molar-refractivity contribution in [2.45, 2.75) is 0 Å². The fourth-order valence-corrected chi connectivity index (χ4v) is 2.27. The van der Waals surface area contributed by atoms with E-state index in [0.717, 1.165) is 16.5 Å². The van der Waals surface area contributed by atoms with Crippen LogP contribution in [0.15, 0.2) is 55.2 Å². The summed E-state index contributed by atoms with van der Waals surface area (Å²) in [6, 6.07) is 7.18. The van der Waals surface area contributed by atoms with Crippen LogP contribution in [-0.2, 0) is 0 Å². The molecule has 0 radical (unpaired) electrons. The zero-order chi connectivity index (χ0) is 15.6. The van der Waals surface area contributed by atoms with Gasteiger partial charge in [0.05, 0.1) is 11.7 Å². The lowest BCUT2D eigenvalue weighted by Gasteiger charge is -2.07. The summed E-state index contributed by atoms with van der Waals surface area (Å²) >= 11 is 0. The normalized spacial score (nSPS) is 10.8. The molecule has 0 aliphatic heterocycles. The van der Waals surface area contributed by atoms with Gasteiger partial charge >= 0.3 is 0 Å². The number of rotatable bonds is 2. The quantitative estimate of drug-likeness (QED) is 0.604. The van der Waals surface area contributed by atoms with Gasteiger partial charge in [0.1, 0.15) is 11.5 Å². The number of hydrogen-bond donors (Lipinski definition) is 1. The van der Waals surface area contributed by atoms with Crippen LogP contribution < -0.4 is 5.73 Å². The highest BCUT2D eigenvalue weighted by Crippen LogP contribution is 2.26. The highest BCUT2D eigenvalue weighted by Gasteiger charge is 2.13. The molecule has 0 aliphatic rings. The van der Waals surface area contributed by atoms with Gasteiger partial charge in [-0.3, -0.25) is 9.97 Å². The van der Waals surface area contributed by atoms with Gasteiger partial charge in [0.15, 0.2) is 11.6 Å². The van der Waals surface area contributed by atoms with Crippen molar-refractivity contribution in [2.75, 3.05) is 5.73 Å². The average molecular weight is 301 g/mol. The van der Waals surface area contributed by atoms with Crippen LogP contribution in [0.4, 0.5) is 5.82 Å². The molecule has 0 bridgehead atoms. The van der Waals surface area contributed by atoms with Crippen LogP contribution in [0.2, 0.25) is 0 Å². The van der Waals surface area contributed by atoms with Crippen LogP contribution in [0.1, 0.15) is 0 Å². The Kier molecular flexibility index (Phi) is 3.09.